The summed E-state index contributed by atoms with van der Waals surface area (Å²) >= 11 is 0. The van der Waals surface area contributed by atoms with Crippen LogP contribution in [0.15, 0.2) is 0 Å². The Morgan fingerprint density at radius 2 is 2.17 bits per heavy atom. The fourth-order valence-corrected chi connectivity index (χ4v) is 1.99. The SMILES string of the molecule is OCC1NC2COCOCC1C2. The van der Waals surface area contributed by atoms with Gasteiger partial charge in [-0.15, -0.1) is 0 Å². The summed E-state index contributed by atoms with van der Waals surface area (Å²) in [5.74, 6) is 0.462. The molecule has 4 heteroatoms. The maximum absolute atomic E-state index is 9.04. The smallest absolute Gasteiger partial charge is 0.146 e. The van der Waals surface area contributed by atoms with Crippen LogP contribution in [0, 0.1) is 5.92 Å². The van der Waals surface area contributed by atoms with Crippen molar-refractivity contribution in [3.63, 3.8) is 0 Å². The zero-order valence-electron chi connectivity index (χ0n) is 7.03. The van der Waals surface area contributed by atoms with Gasteiger partial charge in [0.2, 0.25) is 0 Å². The maximum Gasteiger partial charge on any atom is 0.146 e. The third kappa shape index (κ3) is 1.61. The first kappa shape index (κ1) is 8.44. The first-order valence-corrected chi connectivity index (χ1v) is 4.42. The number of nitrogens with one attached hydrogen (secondary N) is 1. The van der Waals surface area contributed by atoms with Crippen LogP contribution in [0.3, 0.4) is 0 Å². The highest BCUT2D eigenvalue weighted by atomic mass is 16.7. The minimum atomic E-state index is 0.199. The van der Waals surface area contributed by atoms with Gasteiger partial charge in [0.25, 0.3) is 0 Å². The molecular weight excluding hydrogens is 158 g/mol. The molecular formula is C8H15NO3. The van der Waals surface area contributed by atoms with E-state index in [2.05, 4.69) is 5.32 Å². The molecule has 0 aromatic heterocycles. The van der Waals surface area contributed by atoms with Gasteiger partial charge in [-0.3, -0.25) is 0 Å². The molecule has 0 aliphatic carbocycles. The predicted octanol–water partition coefficient (Wildman–Crippen LogP) is -0.670. The molecule has 0 aromatic carbocycles. The number of rotatable bonds is 1. The second-order valence-corrected chi connectivity index (χ2v) is 3.51. The third-order valence-corrected chi connectivity index (χ3v) is 2.62. The van der Waals surface area contributed by atoms with E-state index in [-0.39, 0.29) is 12.6 Å². The maximum atomic E-state index is 9.04. The molecule has 3 unspecified atom stereocenters. The quantitative estimate of drug-likeness (QED) is 0.552. The summed E-state index contributed by atoms with van der Waals surface area (Å²) in [5, 5.41) is 12.4. The molecule has 0 saturated carbocycles. The highest BCUT2D eigenvalue weighted by Gasteiger charge is 2.34. The normalized spacial score (nSPS) is 42.2. The molecule has 3 atom stereocenters. The van der Waals surface area contributed by atoms with E-state index in [1.165, 1.54) is 0 Å². The van der Waals surface area contributed by atoms with Crippen molar-refractivity contribution >= 4 is 0 Å². The number of aliphatic hydroxyl groups excluding tert-OH is 1. The van der Waals surface area contributed by atoms with Crippen molar-refractivity contribution in [2.75, 3.05) is 26.6 Å². The highest BCUT2D eigenvalue weighted by molar-refractivity contribution is 4.90. The Morgan fingerprint density at radius 1 is 1.33 bits per heavy atom. The topological polar surface area (TPSA) is 50.7 Å². The molecule has 4 nitrogen and oxygen atoms in total. The first-order chi connectivity index (χ1) is 5.90. The fourth-order valence-electron chi connectivity index (χ4n) is 1.99. The summed E-state index contributed by atoms with van der Waals surface area (Å²) in [4.78, 5) is 0. The van der Waals surface area contributed by atoms with E-state index >= 15 is 0 Å². The molecule has 2 saturated heterocycles. The second-order valence-electron chi connectivity index (χ2n) is 3.51. The lowest BCUT2D eigenvalue weighted by atomic mass is 10.0. The molecule has 0 aromatic rings. The van der Waals surface area contributed by atoms with E-state index in [1.54, 1.807) is 0 Å². The molecule has 2 aliphatic rings. The number of aliphatic hydroxyl groups is 1. The number of hydrogen-bond acceptors (Lipinski definition) is 4. The number of fused-ring (bicyclic) bond motifs is 2. The summed E-state index contributed by atoms with van der Waals surface area (Å²) in [7, 11) is 0. The van der Waals surface area contributed by atoms with E-state index in [0.717, 1.165) is 6.42 Å². The molecule has 70 valence electrons. The lowest BCUT2D eigenvalue weighted by Gasteiger charge is -2.17. The van der Waals surface area contributed by atoms with Gasteiger partial charge in [0.15, 0.2) is 0 Å². The van der Waals surface area contributed by atoms with Crippen molar-refractivity contribution in [3.8, 4) is 0 Å². The van der Waals surface area contributed by atoms with Gasteiger partial charge in [-0.25, -0.2) is 0 Å². The summed E-state index contributed by atoms with van der Waals surface area (Å²) < 4.78 is 10.5. The largest absolute Gasteiger partial charge is 0.395 e. The van der Waals surface area contributed by atoms with Crippen molar-refractivity contribution in [2.24, 2.45) is 5.92 Å². The van der Waals surface area contributed by atoms with Gasteiger partial charge >= 0.3 is 0 Å². The Bertz CT molecular complexity index is 151. The van der Waals surface area contributed by atoms with Crippen LogP contribution in [0.4, 0.5) is 0 Å². The van der Waals surface area contributed by atoms with Crippen LogP contribution < -0.4 is 5.32 Å². The molecule has 0 amide bonds. The summed E-state index contributed by atoms with van der Waals surface area (Å²) in [5.41, 5.74) is 0. The molecule has 2 N–H and O–H groups in total. The number of ether oxygens (including phenoxy) is 2. The Kier molecular flexibility index (Phi) is 2.60. The van der Waals surface area contributed by atoms with Gasteiger partial charge < -0.3 is 19.9 Å². The molecule has 2 rings (SSSR count). The van der Waals surface area contributed by atoms with Gasteiger partial charge in [0, 0.05) is 18.0 Å². The van der Waals surface area contributed by atoms with Crippen LogP contribution in [-0.2, 0) is 9.47 Å². The molecule has 0 spiro atoms. The van der Waals surface area contributed by atoms with Crippen molar-refractivity contribution in [1.29, 1.82) is 0 Å². The van der Waals surface area contributed by atoms with Crippen LogP contribution in [0.25, 0.3) is 0 Å². The molecule has 2 heterocycles. The van der Waals surface area contributed by atoms with Crippen LogP contribution in [0.1, 0.15) is 6.42 Å². The molecule has 2 aliphatic heterocycles. The number of hydrogen-bond donors (Lipinski definition) is 2. The van der Waals surface area contributed by atoms with Gasteiger partial charge in [-0.05, 0) is 6.42 Å². The lowest BCUT2D eigenvalue weighted by molar-refractivity contribution is -0.0772. The van der Waals surface area contributed by atoms with Crippen LogP contribution >= 0.6 is 0 Å². The van der Waals surface area contributed by atoms with E-state index < -0.39 is 0 Å². The Labute approximate surface area is 71.9 Å². The predicted molar refractivity (Wildman–Crippen MR) is 42.7 cm³/mol. The van der Waals surface area contributed by atoms with Crippen LogP contribution in [0.2, 0.25) is 0 Å². The van der Waals surface area contributed by atoms with Gasteiger partial charge in [0.1, 0.15) is 6.79 Å². The summed E-state index contributed by atoms with van der Waals surface area (Å²) in [6, 6.07) is 0.618. The third-order valence-electron chi connectivity index (χ3n) is 2.62. The van der Waals surface area contributed by atoms with Gasteiger partial charge in [-0.1, -0.05) is 0 Å². The Morgan fingerprint density at radius 3 is 3.00 bits per heavy atom. The zero-order chi connectivity index (χ0) is 8.39. The van der Waals surface area contributed by atoms with Crippen molar-refractivity contribution in [1.82, 2.24) is 5.32 Å². The van der Waals surface area contributed by atoms with Gasteiger partial charge in [-0.2, -0.15) is 0 Å². The first-order valence-electron chi connectivity index (χ1n) is 4.42. The highest BCUT2D eigenvalue weighted by Crippen LogP contribution is 2.22. The van der Waals surface area contributed by atoms with Gasteiger partial charge in [0.05, 0.1) is 19.8 Å². The van der Waals surface area contributed by atoms with Crippen LogP contribution in [-0.4, -0.2) is 43.8 Å². The average molecular weight is 173 g/mol. The molecule has 0 radical (unpaired) electrons. The van der Waals surface area contributed by atoms with E-state index in [4.69, 9.17) is 14.6 Å². The second kappa shape index (κ2) is 3.70. The minimum Gasteiger partial charge on any atom is -0.395 e. The standard InChI is InChI=1S/C8H15NO3/c10-2-8-6-1-7(9-8)4-12-5-11-3-6/h6-10H,1-5H2. The Hall–Kier alpha value is -0.160. The molecule has 2 bridgehead atoms. The molecule has 2 fully saturated rings. The van der Waals surface area contributed by atoms with E-state index in [9.17, 15) is 0 Å². The van der Waals surface area contributed by atoms with Crippen molar-refractivity contribution in [2.45, 2.75) is 18.5 Å². The van der Waals surface area contributed by atoms with E-state index in [0.29, 0.717) is 32.0 Å². The zero-order valence-corrected chi connectivity index (χ0v) is 7.03. The summed E-state index contributed by atoms with van der Waals surface area (Å²) in [6.07, 6.45) is 1.06. The minimum absolute atomic E-state index is 0.199. The summed E-state index contributed by atoms with van der Waals surface area (Å²) in [6.45, 7) is 2.00. The molecule has 12 heavy (non-hydrogen) atoms. The van der Waals surface area contributed by atoms with Crippen molar-refractivity contribution < 1.29 is 14.6 Å². The fraction of sp³-hybridized carbons (Fsp3) is 1.00. The Balaban J connectivity index is 1.96. The monoisotopic (exact) mass is 173 g/mol. The van der Waals surface area contributed by atoms with Crippen molar-refractivity contribution in [3.05, 3.63) is 0 Å². The van der Waals surface area contributed by atoms with Crippen LogP contribution in [0.5, 0.6) is 0 Å². The lowest BCUT2D eigenvalue weighted by Crippen LogP contribution is -2.36. The van der Waals surface area contributed by atoms with E-state index in [1.807, 2.05) is 0 Å². The average Bonchev–Trinajstić information content (AvgIpc) is 2.44.